The molecule has 1 amide bonds. The third-order valence-corrected chi connectivity index (χ3v) is 5.66. The third kappa shape index (κ3) is 5.19. The summed E-state index contributed by atoms with van der Waals surface area (Å²) in [5.74, 6) is -0.436. The van der Waals surface area contributed by atoms with Gasteiger partial charge in [0, 0.05) is 11.9 Å². The molecule has 0 spiro atoms. The fourth-order valence-electron chi connectivity index (χ4n) is 3.86. The summed E-state index contributed by atoms with van der Waals surface area (Å²) in [5, 5.41) is 12.8. The molecule has 1 aliphatic heterocycles. The number of aromatic nitrogens is 1. The van der Waals surface area contributed by atoms with E-state index in [0.717, 1.165) is 6.07 Å². The molecule has 3 aromatic rings. The van der Waals surface area contributed by atoms with Crippen molar-refractivity contribution in [3.05, 3.63) is 70.9 Å². The number of benzene rings is 2. The van der Waals surface area contributed by atoms with Gasteiger partial charge in [0.15, 0.2) is 11.6 Å². The second kappa shape index (κ2) is 10.2. The van der Waals surface area contributed by atoms with E-state index in [2.05, 4.69) is 10.3 Å². The molecule has 2 aromatic carbocycles. The summed E-state index contributed by atoms with van der Waals surface area (Å²) in [7, 11) is 0. The van der Waals surface area contributed by atoms with Gasteiger partial charge in [-0.1, -0.05) is 17.7 Å². The number of carbonyl (C=O) groups is 1. The Bertz CT molecular complexity index is 1270. The number of hydrogen-bond donors (Lipinski definition) is 2. The molecule has 190 valence electrons. The first-order chi connectivity index (χ1) is 17.1. The molecule has 1 aliphatic rings. The first kappa shape index (κ1) is 25.6. The van der Waals surface area contributed by atoms with Gasteiger partial charge in [0.2, 0.25) is 0 Å². The Morgan fingerprint density at radius 2 is 2.06 bits per heavy atom. The minimum atomic E-state index is -4.68. The number of nitrogens with zero attached hydrogens (tertiary/aromatic N) is 2. The maximum absolute atomic E-state index is 13.6. The lowest BCUT2D eigenvalue weighted by Crippen LogP contribution is -2.43. The summed E-state index contributed by atoms with van der Waals surface area (Å²) in [4.78, 5) is 19.1. The molecule has 1 aromatic heterocycles. The van der Waals surface area contributed by atoms with Gasteiger partial charge >= 0.3 is 6.18 Å². The number of nitrogens with one attached hydrogen (secondary N) is 1. The molecule has 0 bridgehead atoms. The second-order valence-electron chi connectivity index (χ2n) is 8.31. The van der Waals surface area contributed by atoms with Gasteiger partial charge in [-0.2, -0.15) is 13.2 Å². The number of fused-ring (bicyclic) bond motifs is 1. The maximum atomic E-state index is 13.6. The first-order valence-corrected chi connectivity index (χ1v) is 11.4. The average molecular weight is 522 g/mol. The van der Waals surface area contributed by atoms with Crippen molar-refractivity contribution in [1.82, 2.24) is 4.98 Å². The normalized spacial score (nSPS) is 15.3. The van der Waals surface area contributed by atoms with Crippen molar-refractivity contribution in [2.75, 3.05) is 23.4 Å². The monoisotopic (exact) mass is 521 g/mol. The maximum Gasteiger partial charge on any atom is 0.420 e. The van der Waals surface area contributed by atoms with E-state index in [0.29, 0.717) is 16.5 Å². The van der Waals surface area contributed by atoms with E-state index < -0.39 is 29.8 Å². The Kier molecular flexibility index (Phi) is 7.28. The Morgan fingerprint density at radius 3 is 2.72 bits per heavy atom. The van der Waals surface area contributed by atoms with Gasteiger partial charge in [-0.3, -0.25) is 4.79 Å². The summed E-state index contributed by atoms with van der Waals surface area (Å²) in [6, 6.07) is 10.9. The van der Waals surface area contributed by atoms with Crippen molar-refractivity contribution >= 4 is 34.7 Å². The summed E-state index contributed by atoms with van der Waals surface area (Å²) in [6.07, 6.45) is -3.59. The van der Waals surface area contributed by atoms with Crippen LogP contribution in [0.2, 0.25) is 5.02 Å². The number of pyridine rings is 1. The van der Waals surface area contributed by atoms with Crippen LogP contribution in [0.5, 0.6) is 11.5 Å². The van der Waals surface area contributed by atoms with Crippen molar-refractivity contribution in [1.29, 1.82) is 0 Å². The fourth-order valence-corrected chi connectivity index (χ4v) is 4.07. The molecule has 0 aliphatic carbocycles. The third-order valence-electron chi connectivity index (χ3n) is 5.37. The van der Waals surface area contributed by atoms with Crippen LogP contribution in [0.25, 0.3) is 0 Å². The first-order valence-electron chi connectivity index (χ1n) is 11.1. The Labute approximate surface area is 210 Å². The highest BCUT2D eigenvalue weighted by molar-refractivity contribution is 6.33. The van der Waals surface area contributed by atoms with E-state index in [9.17, 15) is 23.1 Å². The quantitative estimate of drug-likeness (QED) is 0.434. The van der Waals surface area contributed by atoms with Gasteiger partial charge in [-0.25, -0.2) is 4.98 Å². The lowest BCUT2D eigenvalue weighted by atomic mass is 10.1. The molecular formula is C25H23ClF3N3O4. The van der Waals surface area contributed by atoms with Gasteiger partial charge < -0.3 is 24.8 Å². The smallest absolute Gasteiger partial charge is 0.420 e. The van der Waals surface area contributed by atoms with Crippen LogP contribution in [-0.4, -0.2) is 41.4 Å². The molecule has 0 unspecified atom stereocenters. The zero-order chi connectivity index (χ0) is 26.0. The Balaban J connectivity index is 1.69. The number of halogens is 4. The number of ether oxygens (including phenoxy) is 2. The summed E-state index contributed by atoms with van der Waals surface area (Å²) >= 11 is 6.34. The summed E-state index contributed by atoms with van der Waals surface area (Å²) < 4.78 is 51.9. The molecule has 0 saturated heterocycles. The highest BCUT2D eigenvalue weighted by atomic mass is 35.5. The molecule has 2 N–H and O–H groups in total. The largest absolute Gasteiger partial charge is 0.490 e. The molecule has 7 nitrogen and oxygen atoms in total. The summed E-state index contributed by atoms with van der Waals surface area (Å²) in [5.41, 5.74) is -0.529. The molecule has 11 heteroatoms. The van der Waals surface area contributed by atoms with Gasteiger partial charge in [0.1, 0.15) is 12.4 Å². The van der Waals surface area contributed by atoms with Gasteiger partial charge in [0.25, 0.3) is 5.91 Å². The summed E-state index contributed by atoms with van der Waals surface area (Å²) in [6.45, 7) is 3.00. The number of alkyl halides is 3. The van der Waals surface area contributed by atoms with Crippen molar-refractivity contribution in [3.63, 3.8) is 0 Å². The highest BCUT2D eigenvalue weighted by Crippen LogP contribution is 2.43. The van der Waals surface area contributed by atoms with E-state index in [1.165, 1.54) is 18.2 Å². The fraction of sp³-hybridized carbons (Fsp3) is 0.280. The molecule has 2 heterocycles. The van der Waals surface area contributed by atoms with Crippen LogP contribution in [-0.2, 0) is 6.18 Å². The number of hydrogen-bond acceptors (Lipinski definition) is 6. The number of amides is 1. The average Bonchev–Trinajstić information content (AvgIpc) is 2.83. The SMILES string of the molecule is CC(C)Oc1ccc(NC(=O)c2cccc3c2OC[C@H](CO)N3c2ncccc2Cl)cc1C(F)(F)F. The van der Waals surface area contributed by atoms with Crippen molar-refractivity contribution in [2.24, 2.45) is 0 Å². The van der Waals surface area contributed by atoms with E-state index in [-0.39, 0.29) is 36.0 Å². The van der Waals surface area contributed by atoms with Crippen LogP contribution < -0.4 is 19.7 Å². The number of carbonyl (C=O) groups excluding carboxylic acids is 1. The van der Waals surface area contributed by atoms with Gasteiger partial charge in [-0.15, -0.1) is 0 Å². The predicted octanol–water partition coefficient (Wildman–Crippen LogP) is 5.68. The lowest BCUT2D eigenvalue weighted by Gasteiger charge is -2.37. The Morgan fingerprint density at radius 1 is 1.28 bits per heavy atom. The van der Waals surface area contributed by atoms with Crippen LogP contribution in [0, 0.1) is 0 Å². The number of anilines is 3. The van der Waals surface area contributed by atoms with Crippen LogP contribution >= 0.6 is 11.6 Å². The molecular weight excluding hydrogens is 499 g/mol. The topological polar surface area (TPSA) is 83.9 Å². The highest BCUT2D eigenvalue weighted by Gasteiger charge is 2.36. The van der Waals surface area contributed by atoms with Crippen LogP contribution in [0.1, 0.15) is 29.8 Å². The van der Waals surface area contributed by atoms with Gasteiger partial charge in [-0.05, 0) is 56.3 Å². The number of para-hydroxylation sites is 1. The lowest BCUT2D eigenvalue weighted by molar-refractivity contribution is -0.139. The molecule has 0 saturated carbocycles. The van der Waals surface area contributed by atoms with Crippen LogP contribution in [0.4, 0.5) is 30.4 Å². The minimum Gasteiger partial charge on any atom is -0.490 e. The zero-order valence-corrected chi connectivity index (χ0v) is 20.1. The number of aliphatic hydroxyl groups excluding tert-OH is 1. The van der Waals surface area contributed by atoms with E-state index in [4.69, 9.17) is 21.1 Å². The van der Waals surface area contributed by atoms with Crippen LogP contribution in [0.15, 0.2) is 54.7 Å². The van der Waals surface area contributed by atoms with E-state index in [1.807, 2.05) is 0 Å². The molecule has 0 radical (unpaired) electrons. The van der Waals surface area contributed by atoms with Crippen molar-refractivity contribution in [3.8, 4) is 11.5 Å². The standard InChI is InChI=1S/C25H23ClF3N3O4/c1-14(2)36-21-9-8-15(11-18(21)25(27,28)29)31-24(34)17-5-3-7-20-22(17)35-13-16(12-33)32(20)23-19(26)6-4-10-30-23/h3-11,14,16,33H,12-13H2,1-2H3,(H,31,34)/t16-/m0/s1. The predicted molar refractivity (Wildman–Crippen MR) is 129 cm³/mol. The molecule has 36 heavy (non-hydrogen) atoms. The zero-order valence-electron chi connectivity index (χ0n) is 19.3. The van der Waals surface area contributed by atoms with Crippen molar-refractivity contribution < 1.29 is 32.5 Å². The van der Waals surface area contributed by atoms with Crippen molar-refractivity contribution in [2.45, 2.75) is 32.2 Å². The molecule has 0 fully saturated rings. The number of rotatable bonds is 6. The second-order valence-corrected chi connectivity index (χ2v) is 8.72. The van der Waals surface area contributed by atoms with E-state index >= 15 is 0 Å². The molecule has 1 atom stereocenters. The van der Waals surface area contributed by atoms with Gasteiger partial charge in [0.05, 0.1) is 40.6 Å². The molecule has 4 rings (SSSR count). The number of aliphatic hydroxyl groups is 1. The minimum absolute atomic E-state index is 0.0279. The van der Waals surface area contributed by atoms with E-state index in [1.54, 1.807) is 49.2 Å². The van der Waals surface area contributed by atoms with Crippen LogP contribution in [0.3, 0.4) is 0 Å². The Hall–Kier alpha value is -3.50.